The number of hydrogen-bond acceptors (Lipinski definition) is 3. The summed E-state index contributed by atoms with van der Waals surface area (Å²) in [4.78, 5) is 22.7. The van der Waals surface area contributed by atoms with Gasteiger partial charge in [-0.15, -0.1) is 0 Å². The van der Waals surface area contributed by atoms with Gasteiger partial charge in [-0.1, -0.05) is 0 Å². The molecule has 0 saturated heterocycles. The molecular formula is C9H17NO4. The maximum atomic E-state index is 10.7. The predicted molar refractivity (Wildman–Crippen MR) is 51.2 cm³/mol. The number of carboxylic acids is 2. The number of aliphatic carboxylic acids is 2. The quantitative estimate of drug-likeness (QED) is 0.662. The second kappa shape index (κ2) is 5.59. The predicted octanol–water partition coefficient (Wildman–Crippen LogP) is 0.645. The van der Waals surface area contributed by atoms with Crippen LogP contribution in [0.15, 0.2) is 0 Å². The van der Waals surface area contributed by atoms with E-state index >= 15 is 0 Å². The first-order valence-electron chi connectivity index (χ1n) is 4.56. The normalized spacial score (nSPS) is 13.2. The summed E-state index contributed by atoms with van der Waals surface area (Å²) >= 11 is 0. The van der Waals surface area contributed by atoms with Crippen molar-refractivity contribution < 1.29 is 19.8 Å². The molecule has 5 heteroatoms. The lowest BCUT2D eigenvalue weighted by Gasteiger charge is -2.29. The first kappa shape index (κ1) is 12.9. The van der Waals surface area contributed by atoms with Gasteiger partial charge in [0.15, 0.2) is 0 Å². The van der Waals surface area contributed by atoms with Gasteiger partial charge in [-0.25, -0.2) is 0 Å². The molecule has 0 aromatic carbocycles. The highest BCUT2D eigenvalue weighted by Crippen LogP contribution is 2.06. The molecule has 0 saturated carbocycles. The lowest BCUT2D eigenvalue weighted by atomic mass is 10.2. The zero-order chi connectivity index (χ0) is 11.3. The zero-order valence-corrected chi connectivity index (χ0v) is 8.73. The number of hydrogen-bond donors (Lipinski definition) is 2. The Morgan fingerprint density at radius 1 is 1.21 bits per heavy atom. The number of carboxylic acid groups (broad SMARTS) is 2. The van der Waals surface area contributed by atoms with Crippen molar-refractivity contribution in [3.05, 3.63) is 0 Å². The summed E-state index contributed by atoms with van der Waals surface area (Å²) in [5.41, 5.74) is 0. The molecule has 0 spiro atoms. The van der Waals surface area contributed by atoms with E-state index in [9.17, 15) is 9.59 Å². The molecule has 0 heterocycles. The third kappa shape index (κ3) is 4.23. The van der Waals surface area contributed by atoms with Gasteiger partial charge in [0.25, 0.3) is 0 Å². The Kier molecular flexibility index (Phi) is 5.15. The molecule has 0 radical (unpaired) electrons. The van der Waals surface area contributed by atoms with Crippen LogP contribution in [0.5, 0.6) is 0 Å². The smallest absolute Gasteiger partial charge is 0.320 e. The molecule has 0 aliphatic carbocycles. The molecule has 0 fully saturated rings. The highest BCUT2D eigenvalue weighted by molar-refractivity contribution is 5.73. The minimum atomic E-state index is -0.927. The molecule has 0 aromatic heterocycles. The molecule has 82 valence electrons. The fraction of sp³-hybridized carbons (Fsp3) is 0.778. The Morgan fingerprint density at radius 3 is 2.00 bits per heavy atom. The lowest BCUT2D eigenvalue weighted by Crippen LogP contribution is -2.44. The van der Waals surface area contributed by atoms with Crippen molar-refractivity contribution in [2.45, 2.75) is 39.3 Å². The molecule has 5 nitrogen and oxygen atoms in total. The Bertz CT molecular complexity index is 215. The average Bonchev–Trinajstić information content (AvgIpc) is 2.02. The fourth-order valence-corrected chi connectivity index (χ4v) is 1.27. The highest BCUT2D eigenvalue weighted by Gasteiger charge is 2.23. The first-order valence-corrected chi connectivity index (χ1v) is 4.56. The van der Waals surface area contributed by atoms with Crippen LogP contribution in [0.25, 0.3) is 0 Å². The summed E-state index contributed by atoms with van der Waals surface area (Å²) in [5.74, 6) is -1.84. The first-order chi connectivity index (χ1) is 6.36. The summed E-state index contributed by atoms with van der Waals surface area (Å²) in [6.07, 6.45) is -0.0319. The second-order valence-electron chi connectivity index (χ2n) is 3.49. The van der Waals surface area contributed by atoms with E-state index in [4.69, 9.17) is 10.2 Å². The van der Waals surface area contributed by atoms with Gasteiger partial charge in [-0.3, -0.25) is 14.5 Å². The van der Waals surface area contributed by atoms with E-state index in [1.165, 1.54) is 0 Å². The standard InChI is InChI=1S/C9H17NO4/c1-6(2)10(5-4-8(11)12)7(3)9(13)14/h6-7H,4-5H2,1-3H3,(H,11,12)(H,13,14). The third-order valence-electron chi connectivity index (χ3n) is 2.10. The molecule has 1 atom stereocenters. The van der Waals surface area contributed by atoms with Crippen LogP contribution in [-0.4, -0.2) is 45.7 Å². The largest absolute Gasteiger partial charge is 0.481 e. The topological polar surface area (TPSA) is 77.8 Å². The summed E-state index contributed by atoms with van der Waals surface area (Å²) in [6.45, 7) is 5.52. The van der Waals surface area contributed by atoms with Crippen molar-refractivity contribution in [3.63, 3.8) is 0 Å². The third-order valence-corrected chi connectivity index (χ3v) is 2.10. The molecule has 0 bridgehead atoms. The summed E-state index contributed by atoms with van der Waals surface area (Å²) in [7, 11) is 0. The minimum absolute atomic E-state index is 0.0282. The molecule has 2 N–H and O–H groups in total. The Hall–Kier alpha value is -1.10. The highest BCUT2D eigenvalue weighted by atomic mass is 16.4. The SMILES string of the molecule is CC(C)N(CCC(=O)O)C(C)C(=O)O. The van der Waals surface area contributed by atoms with Gasteiger partial charge in [-0.05, 0) is 20.8 Å². The molecule has 0 amide bonds. The maximum absolute atomic E-state index is 10.7. The van der Waals surface area contributed by atoms with Crippen LogP contribution in [-0.2, 0) is 9.59 Å². The maximum Gasteiger partial charge on any atom is 0.320 e. The Labute approximate surface area is 83.3 Å². The van der Waals surface area contributed by atoms with E-state index < -0.39 is 18.0 Å². The second-order valence-corrected chi connectivity index (χ2v) is 3.49. The van der Waals surface area contributed by atoms with E-state index in [0.717, 1.165) is 0 Å². The van der Waals surface area contributed by atoms with E-state index in [2.05, 4.69) is 0 Å². The van der Waals surface area contributed by atoms with Crippen molar-refractivity contribution in [1.82, 2.24) is 4.90 Å². The van der Waals surface area contributed by atoms with Crippen LogP contribution in [0.1, 0.15) is 27.2 Å². The van der Waals surface area contributed by atoms with Gasteiger partial charge in [-0.2, -0.15) is 0 Å². The van der Waals surface area contributed by atoms with E-state index in [-0.39, 0.29) is 19.0 Å². The summed E-state index contributed by atoms with van der Waals surface area (Å²) in [5, 5.41) is 17.3. The fourth-order valence-electron chi connectivity index (χ4n) is 1.27. The Morgan fingerprint density at radius 2 is 1.71 bits per heavy atom. The molecule has 1 unspecified atom stereocenters. The average molecular weight is 203 g/mol. The molecule has 0 rings (SSSR count). The van der Waals surface area contributed by atoms with Crippen molar-refractivity contribution >= 4 is 11.9 Å². The van der Waals surface area contributed by atoms with Crippen LogP contribution < -0.4 is 0 Å². The number of carbonyl (C=O) groups is 2. The summed E-state index contributed by atoms with van der Waals surface area (Å²) in [6, 6.07) is -0.616. The van der Waals surface area contributed by atoms with Crippen molar-refractivity contribution in [1.29, 1.82) is 0 Å². The van der Waals surface area contributed by atoms with Gasteiger partial charge in [0.2, 0.25) is 0 Å². The van der Waals surface area contributed by atoms with Crippen LogP contribution in [0.4, 0.5) is 0 Å². The molecular weight excluding hydrogens is 186 g/mol. The Balaban J connectivity index is 4.29. The van der Waals surface area contributed by atoms with Crippen molar-refractivity contribution in [2.24, 2.45) is 0 Å². The van der Waals surface area contributed by atoms with Gasteiger partial charge < -0.3 is 10.2 Å². The van der Waals surface area contributed by atoms with Crippen LogP contribution in [0, 0.1) is 0 Å². The lowest BCUT2D eigenvalue weighted by molar-refractivity contribution is -0.145. The number of nitrogens with zero attached hydrogens (tertiary/aromatic N) is 1. The molecule has 14 heavy (non-hydrogen) atoms. The van der Waals surface area contributed by atoms with Crippen LogP contribution >= 0.6 is 0 Å². The molecule has 0 aromatic rings. The van der Waals surface area contributed by atoms with E-state index in [1.54, 1.807) is 11.8 Å². The van der Waals surface area contributed by atoms with Gasteiger partial charge in [0, 0.05) is 12.6 Å². The monoisotopic (exact) mass is 203 g/mol. The van der Waals surface area contributed by atoms with Gasteiger partial charge in [0.05, 0.1) is 6.42 Å². The van der Waals surface area contributed by atoms with E-state index in [0.29, 0.717) is 0 Å². The van der Waals surface area contributed by atoms with Crippen LogP contribution in [0.2, 0.25) is 0 Å². The van der Waals surface area contributed by atoms with Crippen LogP contribution in [0.3, 0.4) is 0 Å². The van der Waals surface area contributed by atoms with Crippen molar-refractivity contribution in [2.75, 3.05) is 6.54 Å². The van der Waals surface area contributed by atoms with Crippen molar-refractivity contribution in [3.8, 4) is 0 Å². The zero-order valence-electron chi connectivity index (χ0n) is 8.73. The van der Waals surface area contributed by atoms with E-state index in [1.807, 2.05) is 13.8 Å². The molecule has 0 aliphatic rings. The minimum Gasteiger partial charge on any atom is -0.481 e. The number of rotatable bonds is 6. The molecule has 0 aliphatic heterocycles. The van der Waals surface area contributed by atoms with Gasteiger partial charge >= 0.3 is 11.9 Å². The van der Waals surface area contributed by atoms with Gasteiger partial charge in [0.1, 0.15) is 6.04 Å². The summed E-state index contributed by atoms with van der Waals surface area (Å²) < 4.78 is 0.